The largest absolute Gasteiger partial charge is 0.381 e. The van der Waals surface area contributed by atoms with Gasteiger partial charge in [0.25, 0.3) is 5.91 Å². The Morgan fingerprint density at radius 2 is 2.24 bits per heavy atom. The van der Waals surface area contributed by atoms with E-state index in [4.69, 9.17) is 4.74 Å². The summed E-state index contributed by atoms with van der Waals surface area (Å²) < 4.78 is 7.55. The molecule has 1 atom stereocenters. The first kappa shape index (κ1) is 17.6. The van der Waals surface area contributed by atoms with E-state index in [1.165, 1.54) is 0 Å². The van der Waals surface area contributed by atoms with Gasteiger partial charge in [0.2, 0.25) is 0 Å². The van der Waals surface area contributed by atoms with Crippen LogP contribution in [-0.2, 0) is 9.53 Å². The molecule has 1 aromatic rings. The molecule has 3 rings (SSSR count). The summed E-state index contributed by atoms with van der Waals surface area (Å²) in [6.07, 6.45) is 8.07. The van der Waals surface area contributed by atoms with E-state index in [0.29, 0.717) is 18.5 Å². The van der Waals surface area contributed by atoms with E-state index in [1.54, 1.807) is 6.20 Å². The van der Waals surface area contributed by atoms with E-state index in [0.717, 1.165) is 61.2 Å². The van der Waals surface area contributed by atoms with E-state index in [1.807, 2.05) is 24.6 Å². The Kier molecular flexibility index (Phi) is 5.48. The van der Waals surface area contributed by atoms with Crippen molar-refractivity contribution in [2.75, 3.05) is 19.8 Å². The molecule has 0 radical (unpaired) electrons. The molecule has 1 aromatic heterocycles. The van der Waals surface area contributed by atoms with Gasteiger partial charge in [-0.3, -0.25) is 14.3 Å². The van der Waals surface area contributed by atoms with Crippen LogP contribution in [0.15, 0.2) is 23.4 Å². The lowest BCUT2D eigenvalue weighted by Gasteiger charge is -2.23. The van der Waals surface area contributed by atoms with Crippen LogP contribution in [0.1, 0.15) is 61.6 Å². The summed E-state index contributed by atoms with van der Waals surface area (Å²) in [7, 11) is 0. The van der Waals surface area contributed by atoms with Crippen LogP contribution >= 0.6 is 0 Å². The number of nitrogens with zero attached hydrogens (tertiary/aromatic N) is 2. The minimum Gasteiger partial charge on any atom is -0.381 e. The summed E-state index contributed by atoms with van der Waals surface area (Å²) in [6, 6.07) is 0.245. The predicted octanol–water partition coefficient (Wildman–Crippen LogP) is 2.68. The van der Waals surface area contributed by atoms with Crippen molar-refractivity contribution in [1.82, 2.24) is 15.1 Å². The molecule has 1 unspecified atom stereocenters. The first-order chi connectivity index (χ1) is 12.1. The average Bonchev–Trinajstić information content (AvgIpc) is 2.87. The molecule has 2 aliphatic heterocycles. The first-order valence-corrected chi connectivity index (χ1v) is 8.86. The second kappa shape index (κ2) is 7.78. The number of aldehydes is 1. The van der Waals surface area contributed by atoms with Crippen molar-refractivity contribution in [3.63, 3.8) is 0 Å². The van der Waals surface area contributed by atoms with E-state index in [9.17, 15) is 9.59 Å². The summed E-state index contributed by atoms with van der Waals surface area (Å²) in [5.74, 6) is -0.0823. The van der Waals surface area contributed by atoms with Gasteiger partial charge in [0, 0.05) is 19.8 Å². The molecular formula is C19H25N3O3. The number of rotatable bonds is 4. The number of hydrogen-bond acceptors (Lipinski definition) is 4. The quantitative estimate of drug-likeness (QED) is 0.674. The van der Waals surface area contributed by atoms with Crippen LogP contribution in [0, 0.1) is 0 Å². The number of aromatic nitrogens is 2. The Morgan fingerprint density at radius 3 is 3.00 bits per heavy atom. The minimum absolute atomic E-state index is 0.0823. The highest BCUT2D eigenvalue weighted by atomic mass is 16.5. The monoisotopic (exact) mass is 343 g/mol. The van der Waals surface area contributed by atoms with Crippen LogP contribution in [0.4, 0.5) is 0 Å². The molecule has 0 spiro atoms. The van der Waals surface area contributed by atoms with Gasteiger partial charge in [-0.1, -0.05) is 11.6 Å². The Morgan fingerprint density at radius 1 is 1.40 bits per heavy atom. The molecular weight excluding hydrogens is 318 g/mol. The predicted molar refractivity (Wildman–Crippen MR) is 95.3 cm³/mol. The molecule has 0 aromatic carbocycles. The molecule has 6 heteroatoms. The van der Waals surface area contributed by atoms with Crippen molar-refractivity contribution < 1.29 is 14.3 Å². The molecule has 1 N–H and O–H groups in total. The SMILES string of the molecule is CC(C)=C(C=O)C/C=C1\CNC(=O)c2cnn(C3CCCOCC3)c21. The highest BCUT2D eigenvalue weighted by Gasteiger charge is 2.28. The second-order valence-electron chi connectivity index (χ2n) is 6.81. The lowest BCUT2D eigenvalue weighted by Crippen LogP contribution is -2.32. The lowest BCUT2D eigenvalue weighted by molar-refractivity contribution is -0.105. The van der Waals surface area contributed by atoms with Crippen LogP contribution in [0.3, 0.4) is 0 Å². The third kappa shape index (κ3) is 3.74. The van der Waals surface area contributed by atoms with Crippen LogP contribution in [0.5, 0.6) is 0 Å². The zero-order valence-electron chi connectivity index (χ0n) is 14.9. The van der Waals surface area contributed by atoms with E-state index < -0.39 is 0 Å². The highest BCUT2D eigenvalue weighted by molar-refractivity contribution is 6.02. The van der Waals surface area contributed by atoms with E-state index in [-0.39, 0.29) is 11.9 Å². The molecule has 0 saturated carbocycles. The summed E-state index contributed by atoms with van der Waals surface area (Å²) >= 11 is 0. The maximum Gasteiger partial charge on any atom is 0.255 e. The van der Waals surface area contributed by atoms with Crippen LogP contribution in [0.25, 0.3) is 5.57 Å². The molecule has 0 aliphatic carbocycles. The summed E-state index contributed by atoms with van der Waals surface area (Å²) in [4.78, 5) is 23.4. The summed E-state index contributed by atoms with van der Waals surface area (Å²) in [5, 5.41) is 7.42. The maximum atomic E-state index is 12.2. The van der Waals surface area contributed by atoms with Gasteiger partial charge in [-0.05, 0) is 50.7 Å². The fourth-order valence-electron chi connectivity index (χ4n) is 3.38. The van der Waals surface area contributed by atoms with Crippen molar-refractivity contribution in [2.24, 2.45) is 0 Å². The lowest BCUT2D eigenvalue weighted by atomic mass is 9.99. The number of nitrogens with one attached hydrogen (secondary N) is 1. The molecule has 2 aliphatic rings. The van der Waals surface area contributed by atoms with Crippen molar-refractivity contribution in [3.8, 4) is 0 Å². The Bertz CT molecular complexity index is 718. The van der Waals surface area contributed by atoms with Crippen molar-refractivity contribution in [2.45, 2.75) is 45.6 Å². The average molecular weight is 343 g/mol. The van der Waals surface area contributed by atoms with Crippen molar-refractivity contribution in [1.29, 1.82) is 0 Å². The van der Waals surface area contributed by atoms with Gasteiger partial charge in [0.05, 0.1) is 23.5 Å². The van der Waals surface area contributed by atoms with Crippen LogP contribution in [0.2, 0.25) is 0 Å². The second-order valence-corrected chi connectivity index (χ2v) is 6.81. The molecule has 0 bridgehead atoms. The molecule has 134 valence electrons. The molecule has 1 amide bonds. The van der Waals surface area contributed by atoms with E-state index >= 15 is 0 Å². The number of hydrogen-bond donors (Lipinski definition) is 1. The number of ether oxygens (including phenoxy) is 1. The van der Waals surface area contributed by atoms with Crippen molar-refractivity contribution in [3.05, 3.63) is 34.7 Å². The molecule has 6 nitrogen and oxygen atoms in total. The zero-order valence-corrected chi connectivity index (χ0v) is 14.9. The number of fused-ring (bicyclic) bond motifs is 1. The van der Waals surface area contributed by atoms with Gasteiger partial charge >= 0.3 is 0 Å². The van der Waals surface area contributed by atoms with Crippen LogP contribution < -0.4 is 5.32 Å². The number of amides is 1. The van der Waals surface area contributed by atoms with Gasteiger partial charge in [-0.2, -0.15) is 5.10 Å². The summed E-state index contributed by atoms with van der Waals surface area (Å²) in [6.45, 7) is 5.85. The van der Waals surface area contributed by atoms with Crippen molar-refractivity contribution >= 4 is 17.8 Å². The van der Waals surface area contributed by atoms with Gasteiger partial charge in [0.15, 0.2) is 0 Å². The molecule has 1 saturated heterocycles. The standard InChI is InChI=1S/C19H25N3O3/c1-13(2)15(12-23)6-5-14-10-20-19(24)17-11-21-22(18(14)17)16-4-3-8-25-9-7-16/h5,11-12,16H,3-4,6-10H2,1-2H3,(H,20,24)/b14-5+. The fourth-order valence-corrected chi connectivity index (χ4v) is 3.38. The number of allylic oxidation sites excluding steroid dienone is 3. The van der Waals surface area contributed by atoms with Gasteiger partial charge in [-0.25, -0.2) is 0 Å². The molecule has 1 fully saturated rings. The normalized spacial score (nSPS) is 22.1. The Hall–Kier alpha value is -2.21. The zero-order chi connectivity index (χ0) is 17.8. The van der Waals surface area contributed by atoms with Gasteiger partial charge in [-0.15, -0.1) is 0 Å². The molecule has 25 heavy (non-hydrogen) atoms. The topological polar surface area (TPSA) is 73.2 Å². The Labute approximate surface area is 147 Å². The summed E-state index contributed by atoms with van der Waals surface area (Å²) in [5.41, 5.74) is 4.33. The first-order valence-electron chi connectivity index (χ1n) is 8.86. The highest BCUT2D eigenvalue weighted by Crippen LogP contribution is 2.30. The van der Waals surface area contributed by atoms with E-state index in [2.05, 4.69) is 10.4 Å². The third-order valence-electron chi connectivity index (χ3n) is 4.90. The molecule has 3 heterocycles. The van der Waals surface area contributed by atoms with Crippen LogP contribution in [-0.4, -0.2) is 41.7 Å². The third-order valence-corrected chi connectivity index (χ3v) is 4.90. The minimum atomic E-state index is -0.0823. The number of carbonyl (C=O) groups excluding carboxylic acids is 2. The van der Waals surface area contributed by atoms with Gasteiger partial charge in [0.1, 0.15) is 6.29 Å². The fraction of sp³-hybridized carbons (Fsp3) is 0.526. The van der Waals surface area contributed by atoms with Gasteiger partial charge < -0.3 is 10.1 Å². The maximum absolute atomic E-state index is 12.2. The Balaban J connectivity index is 1.96. The number of carbonyl (C=O) groups is 2. The smallest absolute Gasteiger partial charge is 0.255 e.